The Balaban J connectivity index is 1.59. The summed E-state index contributed by atoms with van der Waals surface area (Å²) in [6.45, 7) is 3.66. The molecule has 3 aromatic heterocycles. The summed E-state index contributed by atoms with van der Waals surface area (Å²) in [6.07, 6.45) is 6.26. The van der Waals surface area contributed by atoms with Gasteiger partial charge in [-0.05, 0) is 30.0 Å². The van der Waals surface area contributed by atoms with E-state index < -0.39 is 0 Å². The first-order valence-electron chi connectivity index (χ1n) is 8.10. The molecule has 1 unspecified atom stereocenters. The van der Waals surface area contributed by atoms with Gasteiger partial charge in [0.25, 0.3) is 5.91 Å². The van der Waals surface area contributed by atoms with Crippen molar-refractivity contribution in [2.45, 2.75) is 25.9 Å². The first-order chi connectivity index (χ1) is 11.8. The molecule has 24 heavy (non-hydrogen) atoms. The molecule has 0 saturated carbocycles. The van der Waals surface area contributed by atoms with Gasteiger partial charge >= 0.3 is 0 Å². The quantitative estimate of drug-likeness (QED) is 0.733. The average molecular weight is 338 g/mol. The van der Waals surface area contributed by atoms with Crippen LogP contribution in [0.5, 0.6) is 0 Å². The third kappa shape index (κ3) is 2.53. The SMILES string of the molecule is CCC1c2cccn2CCN1C(=O)c1cnc(-c2cccs2)nc1. The van der Waals surface area contributed by atoms with Crippen LogP contribution >= 0.6 is 11.3 Å². The number of nitrogens with zero attached hydrogens (tertiary/aromatic N) is 4. The minimum atomic E-state index is 0.00651. The molecule has 1 aliphatic heterocycles. The van der Waals surface area contributed by atoms with Gasteiger partial charge < -0.3 is 9.47 Å². The highest BCUT2D eigenvalue weighted by atomic mass is 32.1. The van der Waals surface area contributed by atoms with Crippen LogP contribution < -0.4 is 0 Å². The van der Waals surface area contributed by atoms with Gasteiger partial charge in [0.15, 0.2) is 5.82 Å². The van der Waals surface area contributed by atoms with Gasteiger partial charge in [-0.1, -0.05) is 13.0 Å². The Morgan fingerprint density at radius 2 is 2.08 bits per heavy atom. The molecule has 122 valence electrons. The van der Waals surface area contributed by atoms with Gasteiger partial charge in [0.2, 0.25) is 0 Å². The number of fused-ring (bicyclic) bond motifs is 1. The monoisotopic (exact) mass is 338 g/mol. The van der Waals surface area contributed by atoms with Crippen LogP contribution in [-0.2, 0) is 6.54 Å². The molecule has 0 aromatic carbocycles. The molecule has 0 radical (unpaired) electrons. The standard InChI is InChI=1S/C18H18N4OS/c1-2-14-15-5-3-7-21(15)8-9-22(14)18(23)13-11-19-17(20-12-13)16-6-4-10-24-16/h3-7,10-12,14H,2,8-9H2,1H3. The Morgan fingerprint density at radius 1 is 1.25 bits per heavy atom. The summed E-state index contributed by atoms with van der Waals surface area (Å²) in [7, 11) is 0. The molecule has 0 fully saturated rings. The molecule has 1 aliphatic rings. The van der Waals surface area contributed by atoms with E-state index in [0.717, 1.165) is 17.8 Å². The Labute approximate surface area is 144 Å². The highest BCUT2D eigenvalue weighted by Gasteiger charge is 2.30. The lowest BCUT2D eigenvalue weighted by Crippen LogP contribution is -2.41. The molecule has 1 amide bonds. The van der Waals surface area contributed by atoms with Crippen molar-refractivity contribution >= 4 is 17.2 Å². The summed E-state index contributed by atoms with van der Waals surface area (Å²) in [5.41, 5.74) is 1.75. The lowest BCUT2D eigenvalue weighted by atomic mass is 10.1. The third-order valence-electron chi connectivity index (χ3n) is 4.45. The van der Waals surface area contributed by atoms with Gasteiger partial charge in [0.05, 0.1) is 16.5 Å². The molecule has 4 rings (SSSR count). The van der Waals surface area contributed by atoms with Crippen molar-refractivity contribution in [3.8, 4) is 10.7 Å². The van der Waals surface area contributed by atoms with E-state index in [4.69, 9.17) is 0 Å². The fourth-order valence-corrected chi connectivity index (χ4v) is 3.95. The molecular formula is C18H18N4OS. The number of thiophene rings is 1. The maximum Gasteiger partial charge on any atom is 0.257 e. The van der Waals surface area contributed by atoms with Crippen LogP contribution in [0.4, 0.5) is 0 Å². The summed E-state index contributed by atoms with van der Waals surface area (Å²) in [5, 5.41) is 1.99. The molecule has 6 heteroatoms. The average Bonchev–Trinajstić information content (AvgIpc) is 3.31. The van der Waals surface area contributed by atoms with Crippen molar-refractivity contribution < 1.29 is 4.79 Å². The predicted molar refractivity (Wildman–Crippen MR) is 93.8 cm³/mol. The van der Waals surface area contributed by atoms with E-state index in [2.05, 4.69) is 33.7 Å². The van der Waals surface area contributed by atoms with Crippen molar-refractivity contribution in [1.82, 2.24) is 19.4 Å². The molecule has 0 aliphatic carbocycles. The van der Waals surface area contributed by atoms with E-state index in [1.807, 2.05) is 28.5 Å². The second-order valence-corrected chi connectivity index (χ2v) is 6.77. The Morgan fingerprint density at radius 3 is 2.79 bits per heavy atom. The molecule has 0 spiro atoms. The molecule has 0 bridgehead atoms. The second kappa shape index (κ2) is 6.20. The Hall–Kier alpha value is -2.47. The van der Waals surface area contributed by atoms with Crippen LogP contribution in [0.2, 0.25) is 0 Å². The summed E-state index contributed by atoms with van der Waals surface area (Å²) in [5.74, 6) is 0.674. The molecule has 3 aromatic rings. The molecule has 4 heterocycles. The lowest BCUT2D eigenvalue weighted by Gasteiger charge is -2.36. The van der Waals surface area contributed by atoms with Crippen LogP contribution in [0.25, 0.3) is 10.7 Å². The predicted octanol–water partition coefficient (Wildman–Crippen LogP) is 3.61. The fraction of sp³-hybridized carbons (Fsp3) is 0.278. The third-order valence-corrected chi connectivity index (χ3v) is 5.32. The smallest absolute Gasteiger partial charge is 0.257 e. The van der Waals surface area contributed by atoms with Crippen molar-refractivity contribution in [3.05, 3.63) is 59.5 Å². The highest BCUT2D eigenvalue weighted by molar-refractivity contribution is 7.13. The van der Waals surface area contributed by atoms with E-state index in [9.17, 15) is 4.79 Å². The molecule has 0 saturated heterocycles. The van der Waals surface area contributed by atoms with Crippen molar-refractivity contribution in [2.75, 3.05) is 6.54 Å². The van der Waals surface area contributed by atoms with Gasteiger partial charge in [-0.15, -0.1) is 11.3 Å². The number of hydrogen-bond acceptors (Lipinski definition) is 4. The highest BCUT2D eigenvalue weighted by Crippen LogP contribution is 2.30. The minimum absolute atomic E-state index is 0.00651. The van der Waals surface area contributed by atoms with Crippen LogP contribution in [0.3, 0.4) is 0 Å². The van der Waals surface area contributed by atoms with E-state index >= 15 is 0 Å². The Bertz CT molecular complexity index is 838. The van der Waals surface area contributed by atoms with Gasteiger partial charge in [0.1, 0.15) is 0 Å². The van der Waals surface area contributed by atoms with Crippen LogP contribution in [-0.4, -0.2) is 31.9 Å². The Kier molecular flexibility index (Phi) is 3.90. The van der Waals surface area contributed by atoms with Crippen molar-refractivity contribution in [3.63, 3.8) is 0 Å². The number of carbonyl (C=O) groups excluding carboxylic acids is 1. The van der Waals surface area contributed by atoms with Crippen molar-refractivity contribution in [2.24, 2.45) is 0 Å². The van der Waals surface area contributed by atoms with E-state index in [1.54, 1.807) is 23.7 Å². The number of amides is 1. The number of carbonyl (C=O) groups is 1. The summed E-state index contributed by atoms with van der Waals surface area (Å²) in [6, 6.07) is 8.21. The van der Waals surface area contributed by atoms with E-state index in [0.29, 0.717) is 17.9 Å². The summed E-state index contributed by atoms with van der Waals surface area (Å²) < 4.78 is 2.23. The fourth-order valence-electron chi connectivity index (χ4n) is 3.27. The molecule has 5 nitrogen and oxygen atoms in total. The molecule has 0 N–H and O–H groups in total. The number of rotatable bonds is 3. The van der Waals surface area contributed by atoms with Crippen molar-refractivity contribution in [1.29, 1.82) is 0 Å². The number of hydrogen-bond donors (Lipinski definition) is 0. The molecule has 1 atom stereocenters. The normalized spacial score (nSPS) is 16.9. The summed E-state index contributed by atoms with van der Waals surface area (Å²) >= 11 is 1.59. The maximum atomic E-state index is 12.9. The molecular weight excluding hydrogens is 320 g/mol. The maximum absolute atomic E-state index is 12.9. The van der Waals surface area contributed by atoms with E-state index in [-0.39, 0.29) is 11.9 Å². The van der Waals surface area contributed by atoms with Gasteiger partial charge in [-0.3, -0.25) is 4.79 Å². The zero-order chi connectivity index (χ0) is 16.5. The van der Waals surface area contributed by atoms with Gasteiger partial charge in [-0.2, -0.15) is 0 Å². The zero-order valence-electron chi connectivity index (χ0n) is 13.4. The minimum Gasteiger partial charge on any atom is -0.348 e. The first-order valence-corrected chi connectivity index (χ1v) is 8.98. The van der Waals surface area contributed by atoms with Crippen LogP contribution in [0, 0.1) is 0 Å². The van der Waals surface area contributed by atoms with Gasteiger partial charge in [0, 0.05) is 37.4 Å². The topological polar surface area (TPSA) is 51.0 Å². The zero-order valence-corrected chi connectivity index (χ0v) is 14.2. The summed E-state index contributed by atoms with van der Waals surface area (Å²) in [4.78, 5) is 24.6. The van der Waals surface area contributed by atoms with Crippen LogP contribution in [0.15, 0.2) is 48.2 Å². The largest absolute Gasteiger partial charge is 0.348 e. The number of aromatic nitrogens is 3. The van der Waals surface area contributed by atoms with Crippen LogP contribution in [0.1, 0.15) is 35.4 Å². The lowest BCUT2D eigenvalue weighted by molar-refractivity contribution is 0.0617. The van der Waals surface area contributed by atoms with E-state index in [1.165, 1.54) is 5.69 Å². The first kappa shape index (κ1) is 15.1. The second-order valence-electron chi connectivity index (χ2n) is 5.82. The van der Waals surface area contributed by atoms with Gasteiger partial charge in [-0.25, -0.2) is 9.97 Å².